The highest BCUT2D eigenvalue weighted by atomic mass is 32.2. The van der Waals surface area contributed by atoms with Gasteiger partial charge >= 0.3 is 5.97 Å². The van der Waals surface area contributed by atoms with E-state index in [4.69, 9.17) is 9.15 Å². The van der Waals surface area contributed by atoms with Crippen molar-refractivity contribution in [2.75, 3.05) is 12.9 Å². The van der Waals surface area contributed by atoms with Crippen molar-refractivity contribution in [2.24, 2.45) is 0 Å². The number of hydrogen-bond acceptors (Lipinski definition) is 4. The van der Waals surface area contributed by atoms with Crippen LogP contribution in [0.25, 0.3) is 22.6 Å². The Bertz CT molecular complexity index is 794. The van der Waals surface area contributed by atoms with Crippen LogP contribution in [-0.2, 0) is 9.53 Å². The zero-order valence-electron chi connectivity index (χ0n) is 13.4. The van der Waals surface area contributed by atoms with Gasteiger partial charge in [-0.2, -0.15) is 0 Å². The Morgan fingerprint density at radius 3 is 2.25 bits per heavy atom. The van der Waals surface area contributed by atoms with Crippen LogP contribution in [0.2, 0.25) is 0 Å². The number of hydrogen-bond donors (Lipinski definition) is 0. The van der Waals surface area contributed by atoms with Crippen molar-refractivity contribution in [3.63, 3.8) is 0 Å². The molecule has 0 saturated heterocycles. The van der Waals surface area contributed by atoms with Crippen molar-refractivity contribution >= 4 is 17.7 Å². The summed E-state index contributed by atoms with van der Waals surface area (Å²) >= 11 is 1.61. The number of ether oxygens (including phenoxy) is 1. The van der Waals surface area contributed by atoms with Crippen LogP contribution in [0.4, 0.5) is 0 Å². The zero-order valence-corrected chi connectivity index (χ0v) is 14.2. The molecule has 3 aromatic rings. The fourth-order valence-electron chi connectivity index (χ4n) is 2.36. The Kier molecular flexibility index (Phi) is 5.39. The molecule has 24 heavy (non-hydrogen) atoms. The fourth-order valence-corrected chi connectivity index (χ4v) is 3.33. The van der Waals surface area contributed by atoms with Crippen LogP contribution in [-0.4, -0.2) is 18.8 Å². The van der Waals surface area contributed by atoms with Crippen LogP contribution in [0.3, 0.4) is 0 Å². The topological polar surface area (TPSA) is 39.4 Å². The summed E-state index contributed by atoms with van der Waals surface area (Å²) in [5, 5.41) is 0. The number of benzene rings is 2. The normalized spacial score (nSPS) is 10.5. The molecule has 122 valence electrons. The van der Waals surface area contributed by atoms with E-state index in [9.17, 15) is 4.79 Å². The van der Waals surface area contributed by atoms with Gasteiger partial charge in [-0.15, -0.1) is 11.8 Å². The van der Waals surface area contributed by atoms with Gasteiger partial charge in [0.2, 0.25) is 0 Å². The van der Waals surface area contributed by atoms with E-state index in [1.54, 1.807) is 11.8 Å². The highest BCUT2D eigenvalue weighted by Crippen LogP contribution is 2.38. The third-order valence-electron chi connectivity index (χ3n) is 3.58. The van der Waals surface area contributed by atoms with Crippen molar-refractivity contribution in [1.82, 2.24) is 0 Å². The summed E-state index contributed by atoms with van der Waals surface area (Å²) in [6, 6.07) is 22.1. The molecule has 1 heterocycles. The third kappa shape index (κ3) is 3.89. The first-order chi connectivity index (χ1) is 11.8. The summed E-state index contributed by atoms with van der Waals surface area (Å²) < 4.78 is 10.8. The molecule has 0 saturated carbocycles. The maximum absolute atomic E-state index is 11.3. The molecular formula is C20H18O3S. The molecule has 0 aliphatic carbocycles. The van der Waals surface area contributed by atoms with Crippen molar-refractivity contribution in [1.29, 1.82) is 0 Å². The first-order valence-electron chi connectivity index (χ1n) is 7.72. The van der Waals surface area contributed by atoms with Gasteiger partial charge in [-0.1, -0.05) is 60.7 Å². The van der Waals surface area contributed by atoms with Crippen LogP contribution >= 0.6 is 11.8 Å². The molecule has 0 N–H and O–H groups in total. The van der Waals surface area contributed by atoms with Crippen LogP contribution in [0.5, 0.6) is 0 Å². The van der Waals surface area contributed by atoms with E-state index in [0.29, 0.717) is 12.2 Å². The second-order valence-corrected chi connectivity index (χ2v) is 6.35. The monoisotopic (exact) mass is 338 g/mol. The van der Waals surface area contributed by atoms with E-state index >= 15 is 0 Å². The van der Waals surface area contributed by atoms with Crippen molar-refractivity contribution < 1.29 is 13.9 Å². The standard InChI is InChI=1S/C20H18O3S/c1-22-19(21)12-13-24-18-14-17(15-8-4-2-5-9-15)23-20(18)16-10-6-3-7-11-16/h2-11,14H,12-13H2,1H3. The van der Waals surface area contributed by atoms with Gasteiger partial charge in [-0.05, 0) is 6.07 Å². The average Bonchev–Trinajstić information content (AvgIpc) is 3.07. The SMILES string of the molecule is COC(=O)CCSc1cc(-c2ccccc2)oc1-c1ccccc1. The van der Waals surface area contributed by atoms with Gasteiger partial charge in [0.05, 0.1) is 18.4 Å². The van der Waals surface area contributed by atoms with Crippen LogP contribution in [0.15, 0.2) is 76.0 Å². The lowest BCUT2D eigenvalue weighted by atomic mass is 10.1. The number of rotatable bonds is 6. The number of furan rings is 1. The molecule has 3 rings (SSSR count). The second-order valence-electron chi connectivity index (χ2n) is 5.21. The van der Waals surface area contributed by atoms with Gasteiger partial charge in [-0.3, -0.25) is 4.79 Å². The quantitative estimate of drug-likeness (QED) is 0.453. The van der Waals surface area contributed by atoms with Crippen LogP contribution in [0.1, 0.15) is 6.42 Å². The van der Waals surface area contributed by atoms with Crippen molar-refractivity contribution in [3.8, 4) is 22.6 Å². The van der Waals surface area contributed by atoms with E-state index in [2.05, 4.69) is 0 Å². The van der Waals surface area contributed by atoms with E-state index in [1.807, 2.05) is 66.7 Å². The van der Waals surface area contributed by atoms with Crippen LogP contribution < -0.4 is 0 Å². The highest BCUT2D eigenvalue weighted by molar-refractivity contribution is 7.99. The van der Waals surface area contributed by atoms with Gasteiger partial charge in [0.1, 0.15) is 11.5 Å². The summed E-state index contributed by atoms with van der Waals surface area (Å²) in [5.41, 5.74) is 2.06. The van der Waals surface area contributed by atoms with Gasteiger partial charge in [-0.25, -0.2) is 0 Å². The lowest BCUT2D eigenvalue weighted by Crippen LogP contribution is -2.00. The smallest absolute Gasteiger partial charge is 0.306 e. The first kappa shape index (κ1) is 16.4. The van der Waals surface area contributed by atoms with E-state index in [-0.39, 0.29) is 5.97 Å². The number of esters is 1. The molecule has 0 atom stereocenters. The van der Waals surface area contributed by atoms with Gasteiger partial charge in [0.25, 0.3) is 0 Å². The molecule has 0 aliphatic rings. The maximum Gasteiger partial charge on any atom is 0.306 e. The summed E-state index contributed by atoms with van der Waals surface area (Å²) in [4.78, 5) is 12.4. The molecule has 0 fully saturated rings. The first-order valence-corrected chi connectivity index (χ1v) is 8.71. The number of carbonyl (C=O) groups excluding carboxylic acids is 1. The Morgan fingerprint density at radius 2 is 1.62 bits per heavy atom. The Hall–Kier alpha value is -2.46. The molecule has 0 bridgehead atoms. The maximum atomic E-state index is 11.3. The molecule has 0 radical (unpaired) electrons. The Morgan fingerprint density at radius 1 is 1.00 bits per heavy atom. The summed E-state index contributed by atoms with van der Waals surface area (Å²) in [6.45, 7) is 0. The van der Waals surface area contributed by atoms with Gasteiger partial charge in [0.15, 0.2) is 0 Å². The van der Waals surface area contributed by atoms with Gasteiger partial charge < -0.3 is 9.15 Å². The van der Waals surface area contributed by atoms with E-state index in [1.165, 1.54) is 7.11 Å². The number of carbonyl (C=O) groups is 1. The fraction of sp³-hybridized carbons (Fsp3) is 0.150. The zero-order chi connectivity index (χ0) is 16.8. The lowest BCUT2D eigenvalue weighted by molar-refractivity contribution is -0.140. The minimum Gasteiger partial charge on any atom is -0.469 e. The average molecular weight is 338 g/mol. The largest absolute Gasteiger partial charge is 0.469 e. The van der Waals surface area contributed by atoms with Crippen LogP contribution in [0, 0.1) is 0 Å². The Balaban J connectivity index is 1.90. The van der Waals surface area contributed by atoms with Crippen molar-refractivity contribution in [2.45, 2.75) is 11.3 Å². The number of thioether (sulfide) groups is 1. The lowest BCUT2D eigenvalue weighted by Gasteiger charge is -2.02. The minimum absolute atomic E-state index is 0.199. The molecule has 4 heteroatoms. The highest BCUT2D eigenvalue weighted by Gasteiger charge is 2.15. The summed E-state index contributed by atoms with van der Waals surface area (Å²) in [5.74, 6) is 2.12. The number of methoxy groups -OCH3 is 1. The minimum atomic E-state index is -0.199. The molecule has 0 amide bonds. The van der Waals surface area contributed by atoms with E-state index in [0.717, 1.165) is 27.5 Å². The predicted octanol–water partition coefficient (Wildman–Crippen LogP) is 5.27. The third-order valence-corrected chi connectivity index (χ3v) is 4.61. The Labute approximate surface area is 145 Å². The molecule has 0 aliphatic heterocycles. The van der Waals surface area contributed by atoms with Gasteiger partial charge in [0, 0.05) is 16.9 Å². The molecule has 0 unspecified atom stereocenters. The molecule has 3 nitrogen and oxygen atoms in total. The molecular weight excluding hydrogens is 320 g/mol. The molecule has 0 spiro atoms. The molecule has 2 aromatic carbocycles. The van der Waals surface area contributed by atoms with E-state index < -0.39 is 0 Å². The predicted molar refractivity (Wildman–Crippen MR) is 96.9 cm³/mol. The second kappa shape index (κ2) is 7.88. The molecule has 1 aromatic heterocycles. The van der Waals surface area contributed by atoms with Crippen molar-refractivity contribution in [3.05, 3.63) is 66.7 Å². The summed E-state index contributed by atoms with van der Waals surface area (Å²) in [6.07, 6.45) is 0.376. The summed E-state index contributed by atoms with van der Waals surface area (Å²) in [7, 11) is 1.41.